The molecule has 0 fully saturated rings. The summed E-state index contributed by atoms with van der Waals surface area (Å²) in [7, 11) is 1.83. The molecule has 0 atom stereocenters. The van der Waals surface area contributed by atoms with Crippen molar-refractivity contribution in [3.8, 4) is 0 Å². The number of hydrogen-bond acceptors (Lipinski definition) is 3. The molecule has 0 bridgehead atoms. The van der Waals surface area contributed by atoms with Crippen LogP contribution >= 0.6 is 0 Å². The number of fused-ring (bicyclic) bond motifs is 1. The molecule has 0 aliphatic heterocycles. The third kappa shape index (κ3) is 3.09. The average Bonchev–Trinajstić information content (AvgIpc) is 2.75. The van der Waals surface area contributed by atoms with Crippen molar-refractivity contribution in [2.75, 3.05) is 13.1 Å². The van der Waals surface area contributed by atoms with Gasteiger partial charge in [0.25, 0.3) is 5.91 Å². The normalized spacial score (nSPS) is 10.4. The molecule has 6 heteroatoms. The van der Waals surface area contributed by atoms with Crippen molar-refractivity contribution in [3.05, 3.63) is 30.0 Å². The Morgan fingerprint density at radius 1 is 1.26 bits per heavy atom. The van der Waals surface area contributed by atoms with E-state index in [0.29, 0.717) is 18.7 Å². The van der Waals surface area contributed by atoms with Crippen molar-refractivity contribution in [1.29, 1.82) is 0 Å². The molecule has 0 aliphatic rings. The fourth-order valence-electron chi connectivity index (χ4n) is 1.80. The van der Waals surface area contributed by atoms with Crippen LogP contribution in [0.1, 0.15) is 17.3 Å². The molecule has 0 saturated carbocycles. The quantitative estimate of drug-likeness (QED) is 0.783. The van der Waals surface area contributed by atoms with E-state index in [-0.39, 0.29) is 11.8 Å². The van der Waals surface area contributed by atoms with Gasteiger partial charge < -0.3 is 10.6 Å². The van der Waals surface area contributed by atoms with Crippen LogP contribution in [0.15, 0.2) is 24.4 Å². The zero-order chi connectivity index (χ0) is 13.8. The van der Waals surface area contributed by atoms with Gasteiger partial charge >= 0.3 is 0 Å². The smallest absolute Gasteiger partial charge is 0.251 e. The number of hydrogen-bond donors (Lipinski definition) is 2. The number of aromatic nitrogens is 2. The molecular weight excluding hydrogens is 244 g/mol. The zero-order valence-electron chi connectivity index (χ0n) is 10.9. The molecule has 1 aromatic carbocycles. The van der Waals surface area contributed by atoms with E-state index >= 15 is 0 Å². The van der Waals surface area contributed by atoms with Crippen LogP contribution in [0.3, 0.4) is 0 Å². The summed E-state index contributed by atoms with van der Waals surface area (Å²) in [4.78, 5) is 22.6. The number of aryl methyl sites for hydroxylation is 1. The van der Waals surface area contributed by atoms with Gasteiger partial charge in [0.1, 0.15) is 0 Å². The maximum absolute atomic E-state index is 11.9. The van der Waals surface area contributed by atoms with Gasteiger partial charge in [-0.2, -0.15) is 5.10 Å². The minimum atomic E-state index is -0.159. The highest BCUT2D eigenvalue weighted by molar-refractivity contribution is 5.97. The fourth-order valence-corrected chi connectivity index (χ4v) is 1.80. The minimum Gasteiger partial charge on any atom is -0.355 e. The van der Waals surface area contributed by atoms with Gasteiger partial charge in [0.15, 0.2) is 0 Å². The summed E-state index contributed by atoms with van der Waals surface area (Å²) in [6, 6.07) is 5.43. The van der Waals surface area contributed by atoms with Gasteiger partial charge in [0, 0.05) is 38.0 Å². The van der Waals surface area contributed by atoms with Crippen LogP contribution in [0.2, 0.25) is 0 Å². The average molecular weight is 260 g/mol. The van der Waals surface area contributed by atoms with Gasteiger partial charge in [-0.05, 0) is 12.1 Å². The summed E-state index contributed by atoms with van der Waals surface area (Å²) in [5.41, 5.74) is 1.49. The van der Waals surface area contributed by atoms with E-state index in [2.05, 4.69) is 15.7 Å². The molecule has 0 saturated heterocycles. The largest absolute Gasteiger partial charge is 0.355 e. The first-order valence-electron chi connectivity index (χ1n) is 6.02. The summed E-state index contributed by atoms with van der Waals surface area (Å²) in [6.07, 6.45) is 1.76. The number of carbonyl (C=O) groups excluding carboxylic acids is 2. The molecule has 0 spiro atoms. The van der Waals surface area contributed by atoms with E-state index in [1.807, 2.05) is 13.1 Å². The molecule has 2 aromatic rings. The summed E-state index contributed by atoms with van der Waals surface area (Å²) in [5, 5.41) is 10.5. The molecule has 2 N–H and O–H groups in total. The van der Waals surface area contributed by atoms with E-state index in [0.717, 1.165) is 10.9 Å². The Morgan fingerprint density at radius 2 is 2.00 bits per heavy atom. The van der Waals surface area contributed by atoms with Gasteiger partial charge in [-0.3, -0.25) is 14.3 Å². The first kappa shape index (κ1) is 13.1. The second-order valence-corrected chi connectivity index (χ2v) is 4.28. The van der Waals surface area contributed by atoms with Crippen molar-refractivity contribution < 1.29 is 9.59 Å². The summed E-state index contributed by atoms with van der Waals surface area (Å²) >= 11 is 0. The van der Waals surface area contributed by atoms with Crippen LogP contribution in [0.25, 0.3) is 10.9 Å². The highest BCUT2D eigenvalue weighted by Gasteiger charge is 2.07. The van der Waals surface area contributed by atoms with Crippen LogP contribution in [-0.2, 0) is 11.8 Å². The SMILES string of the molecule is CC(=O)NCCNC(=O)c1ccc2cnn(C)c2c1. The number of benzene rings is 1. The predicted molar refractivity (Wildman–Crippen MR) is 71.7 cm³/mol. The third-order valence-electron chi connectivity index (χ3n) is 2.80. The monoisotopic (exact) mass is 260 g/mol. The number of amides is 2. The van der Waals surface area contributed by atoms with Gasteiger partial charge in [0.2, 0.25) is 5.91 Å². The van der Waals surface area contributed by atoms with Crippen molar-refractivity contribution in [2.45, 2.75) is 6.92 Å². The Labute approximate surface area is 110 Å². The minimum absolute atomic E-state index is 0.106. The van der Waals surface area contributed by atoms with Crippen molar-refractivity contribution >= 4 is 22.7 Å². The first-order valence-corrected chi connectivity index (χ1v) is 6.02. The lowest BCUT2D eigenvalue weighted by atomic mass is 10.1. The maximum atomic E-state index is 11.9. The Bertz CT molecular complexity index is 618. The molecular formula is C13H16N4O2. The van der Waals surface area contributed by atoms with Gasteiger partial charge in [0.05, 0.1) is 11.7 Å². The van der Waals surface area contributed by atoms with E-state index in [1.165, 1.54) is 6.92 Å². The Hall–Kier alpha value is -2.37. The van der Waals surface area contributed by atoms with E-state index in [9.17, 15) is 9.59 Å². The van der Waals surface area contributed by atoms with Crippen LogP contribution in [0.4, 0.5) is 0 Å². The van der Waals surface area contributed by atoms with E-state index < -0.39 is 0 Å². The highest BCUT2D eigenvalue weighted by atomic mass is 16.2. The van der Waals surface area contributed by atoms with Crippen LogP contribution in [0, 0.1) is 0 Å². The van der Waals surface area contributed by atoms with Crippen molar-refractivity contribution in [3.63, 3.8) is 0 Å². The first-order chi connectivity index (χ1) is 9.08. The standard InChI is InChI=1S/C13H16N4O2/c1-9(18)14-5-6-15-13(19)10-3-4-11-8-16-17(2)12(11)7-10/h3-4,7-8H,5-6H2,1-2H3,(H,14,18)(H,15,19). The lowest BCUT2D eigenvalue weighted by molar-refractivity contribution is -0.118. The number of nitrogens with one attached hydrogen (secondary N) is 2. The second kappa shape index (κ2) is 5.51. The summed E-state index contributed by atoms with van der Waals surface area (Å²) < 4.78 is 1.73. The van der Waals surface area contributed by atoms with Crippen LogP contribution in [-0.4, -0.2) is 34.7 Å². The topological polar surface area (TPSA) is 76.0 Å². The molecule has 1 heterocycles. The molecule has 1 aromatic heterocycles. The van der Waals surface area contributed by atoms with Crippen molar-refractivity contribution in [1.82, 2.24) is 20.4 Å². The molecule has 0 unspecified atom stereocenters. The fraction of sp³-hybridized carbons (Fsp3) is 0.308. The molecule has 100 valence electrons. The van der Waals surface area contributed by atoms with E-state index in [4.69, 9.17) is 0 Å². The number of carbonyl (C=O) groups is 2. The number of rotatable bonds is 4. The zero-order valence-corrected chi connectivity index (χ0v) is 10.9. The lowest BCUT2D eigenvalue weighted by Gasteiger charge is -2.06. The summed E-state index contributed by atoms with van der Waals surface area (Å²) in [5.74, 6) is -0.265. The summed E-state index contributed by atoms with van der Waals surface area (Å²) in [6.45, 7) is 2.27. The van der Waals surface area contributed by atoms with Crippen LogP contribution < -0.4 is 10.6 Å². The van der Waals surface area contributed by atoms with Gasteiger partial charge in [-0.1, -0.05) is 6.07 Å². The van der Waals surface area contributed by atoms with Gasteiger partial charge in [-0.25, -0.2) is 0 Å². The number of nitrogens with zero attached hydrogens (tertiary/aromatic N) is 2. The molecule has 0 radical (unpaired) electrons. The molecule has 2 rings (SSSR count). The van der Waals surface area contributed by atoms with Crippen LogP contribution in [0.5, 0.6) is 0 Å². The highest BCUT2D eigenvalue weighted by Crippen LogP contribution is 2.14. The Morgan fingerprint density at radius 3 is 2.74 bits per heavy atom. The molecule has 19 heavy (non-hydrogen) atoms. The second-order valence-electron chi connectivity index (χ2n) is 4.28. The lowest BCUT2D eigenvalue weighted by Crippen LogP contribution is -2.33. The Kier molecular flexibility index (Phi) is 3.79. The molecule has 2 amide bonds. The third-order valence-corrected chi connectivity index (χ3v) is 2.80. The predicted octanol–water partition coefficient (Wildman–Crippen LogP) is 0.439. The van der Waals surface area contributed by atoms with Crippen molar-refractivity contribution in [2.24, 2.45) is 7.05 Å². The molecule has 0 aliphatic carbocycles. The Balaban J connectivity index is 2.00. The van der Waals surface area contributed by atoms with Gasteiger partial charge in [-0.15, -0.1) is 0 Å². The van der Waals surface area contributed by atoms with E-state index in [1.54, 1.807) is 23.0 Å². The molecule has 6 nitrogen and oxygen atoms in total. The maximum Gasteiger partial charge on any atom is 0.251 e.